The number of carbonyl (C=O) groups excluding carboxylic acids is 1. The van der Waals surface area contributed by atoms with Crippen molar-refractivity contribution < 1.29 is 9.53 Å². The number of ether oxygens (including phenoxy) is 1. The highest BCUT2D eigenvalue weighted by molar-refractivity contribution is 5.92. The van der Waals surface area contributed by atoms with Crippen LogP contribution in [0.2, 0.25) is 0 Å². The van der Waals surface area contributed by atoms with E-state index in [-0.39, 0.29) is 11.8 Å². The van der Waals surface area contributed by atoms with Crippen LogP contribution in [0.15, 0.2) is 12.3 Å². The third-order valence-corrected chi connectivity index (χ3v) is 7.12. The zero-order valence-electron chi connectivity index (χ0n) is 18.6. The molecular formula is C23H38N4O2. The van der Waals surface area contributed by atoms with Crippen molar-refractivity contribution in [1.82, 2.24) is 14.7 Å². The first-order valence-corrected chi connectivity index (χ1v) is 11.4. The van der Waals surface area contributed by atoms with Crippen molar-refractivity contribution in [3.8, 4) is 0 Å². The zero-order chi connectivity index (χ0) is 20.6. The summed E-state index contributed by atoms with van der Waals surface area (Å²) < 4.78 is 7.40. The van der Waals surface area contributed by atoms with E-state index in [2.05, 4.69) is 43.0 Å². The van der Waals surface area contributed by atoms with E-state index in [9.17, 15) is 4.79 Å². The number of likely N-dealkylation sites (tertiary alicyclic amines) is 1. The SMILES string of the molecule is CC1(C)CC(N2CCC(n3nccc3NC(=O)C3CCOC3)CC2)CC(C)(C)C1. The van der Waals surface area contributed by atoms with Crippen LogP contribution >= 0.6 is 0 Å². The van der Waals surface area contributed by atoms with Crippen molar-refractivity contribution >= 4 is 11.7 Å². The van der Waals surface area contributed by atoms with Crippen LogP contribution in [0.5, 0.6) is 0 Å². The van der Waals surface area contributed by atoms with Gasteiger partial charge < -0.3 is 15.0 Å². The number of rotatable bonds is 4. The summed E-state index contributed by atoms with van der Waals surface area (Å²) in [6.45, 7) is 13.2. The molecule has 1 amide bonds. The maximum Gasteiger partial charge on any atom is 0.231 e. The Morgan fingerprint density at radius 3 is 2.41 bits per heavy atom. The molecule has 162 valence electrons. The maximum absolute atomic E-state index is 12.5. The number of nitrogens with zero attached hydrogens (tertiary/aromatic N) is 3. The van der Waals surface area contributed by atoms with Gasteiger partial charge in [0.2, 0.25) is 5.91 Å². The lowest BCUT2D eigenvalue weighted by Crippen LogP contribution is -2.49. The Kier molecular flexibility index (Phi) is 5.77. The highest BCUT2D eigenvalue weighted by atomic mass is 16.5. The predicted molar refractivity (Wildman–Crippen MR) is 115 cm³/mol. The number of aromatic nitrogens is 2. The minimum atomic E-state index is -0.0294. The van der Waals surface area contributed by atoms with Gasteiger partial charge in [0, 0.05) is 31.8 Å². The van der Waals surface area contributed by atoms with Gasteiger partial charge in [0.1, 0.15) is 5.82 Å². The van der Waals surface area contributed by atoms with Crippen LogP contribution in [-0.2, 0) is 9.53 Å². The largest absolute Gasteiger partial charge is 0.381 e. The molecule has 6 heteroatoms. The third-order valence-electron chi connectivity index (χ3n) is 7.12. The molecule has 1 N–H and O–H groups in total. The average molecular weight is 403 g/mol. The zero-order valence-corrected chi connectivity index (χ0v) is 18.6. The standard InChI is InChI=1S/C23H38N4O2/c1-22(2)13-19(14-23(3,4)16-22)26-10-6-18(7-11-26)27-20(5-9-24-27)25-21(28)17-8-12-29-15-17/h5,9,17-19H,6-8,10-16H2,1-4H3,(H,25,28). The van der Waals surface area contributed by atoms with Gasteiger partial charge in [-0.25, -0.2) is 4.68 Å². The second-order valence-electron chi connectivity index (χ2n) is 11.0. The molecule has 3 aliphatic rings. The number of anilines is 1. The van der Waals surface area contributed by atoms with Gasteiger partial charge in [0.25, 0.3) is 0 Å². The summed E-state index contributed by atoms with van der Waals surface area (Å²) in [6, 6.07) is 2.97. The van der Waals surface area contributed by atoms with E-state index in [0.717, 1.165) is 38.2 Å². The number of amides is 1. The lowest BCUT2D eigenvalue weighted by atomic mass is 9.63. The van der Waals surface area contributed by atoms with Crippen LogP contribution < -0.4 is 5.32 Å². The molecule has 0 bridgehead atoms. The van der Waals surface area contributed by atoms with Gasteiger partial charge in [-0.1, -0.05) is 27.7 Å². The lowest BCUT2D eigenvalue weighted by molar-refractivity contribution is -0.119. The molecule has 2 saturated heterocycles. The van der Waals surface area contributed by atoms with Crippen molar-refractivity contribution in [3.05, 3.63) is 12.3 Å². The lowest BCUT2D eigenvalue weighted by Gasteiger charge is -2.50. The smallest absolute Gasteiger partial charge is 0.231 e. The molecule has 0 spiro atoms. The molecule has 3 heterocycles. The summed E-state index contributed by atoms with van der Waals surface area (Å²) in [6.07, 6.45) is 8.71. The van der Waals surface area contributed by atoms with Crippen molar-refractivity contribution in [1.29, 1.82) is 0 Å². The number of hydrogen-bond donors (Lipinski definition) is 1. The fraction of sp³-hybridized carbons (Fsp3) is 0.826. The van der Waals surface area contributed by atoms with Gasteiger partial charge in [0.15, 0.2) is 0 Å². The minimum Gasteiger partial charge on any atom is -0.381 e. The van der Waals surface area contributed by atoms with E-state index in [0.29, 0.717) is 36.1 Å². The summed E-state index contributed by atoms with van der Waals surface area (Å²) in [5.41, 5.74) is 0.847. The first-order chi connectivity index (χ1) is 13.7. The highest BCUT2D eigenvalue weighted by Gasteiger charge is 2.41. The normalized spacial score (nSPS) is 28.5. The van der Waals surface area contributed by atoms with Crippen molar-refractivity contribution in [2.75, 3.05) is 31.6 Å². The summed E-state index contributed by atoms with van der Waals surface area (Å²) in [5, 5.41) is 7.65. The van der Waals surface area contributed by atoms with Gasteiger partial charge in [-0.05, 0) is 49.4 Å². The van der Waals surface area contributed by atoms with E-state index in [1.807, 2.05) is 10.7 Å². The van der Waals surface area contributed by atoms with Gasteiger partial charge in [-0.3, -0.25) is 4.79 Å². The quantitative estimate of drug-likeness (QED) is 0.824. The number of hydrogen-bond acceptors (Lipinski definition) is 4. The van der Waals surface area contributed by atoms with Gasteiger partial charge >= 0.3 is 0 Å². The average Bonchev–Trinajstić information content (AvgIpc) is 3.31. The Balaban J connectivity index is 1.35. The molecule has 1 aromatic rings. The molecule has 2 aliphatic heterocycles. The van der Waals surface area contributed by atoms with Gasteiger partial charge in [0.05, 0.1) is 24.8 Å². The van der Waals surface area contributed by atoms with Crippen LogP contribution in [0.25, 0.3) is 0 Å². The molecular weight excluding hydrogens is 364 g/mol. The molecule has 29 heavy (non-hydrogen) atoms. The Bertz CT molecular complexity index is 696. The summed E-state index contributed by atoms with van der Waals surface area (Å²) in [4.78, 5) is 15.2. The van der Waals surface area contributed by atoms with Gasteiger partial charge in [-0.15, -0.1) is 0 Å². The van der Waals surface area contributed by atoms with Crippen LogP contribution in [-0.4, -0.2) is 52.9 Å². The Morgan fingerprint density at radius 2 is 1.79 bits per heavy atom. The minimum absolute atomic E-state index is 0.0294. The molecule has 1 aromatic heterocycles. The number of carbonyl (C=O) groups is 1. The van der Waals surface area contributed by atoms with Crippen LogP contribution in [0, 0.1) is 16.7 Å². The predicted octanol–water partition coefficient (Wildman–Crippen LogP) is 4.10. The molecule has 0 aromatic carbocycles. The fourth-order valence-corrected chi connectivity index (χ4v) is 6.22. The number of nitrogens with one attached hydrogen (secondary N) is 1. The Hall–Kier alpha value is -1.40. The van der Waals surface area contributed by atoms with Crippen molar-refractivity contribution in [3.63, 3.8) is 0 Å². The van der Waals surface area contributed by atoms with Crippen molar-refractivity contribution in [2.24, 2.45) is 16.7 Å². The van der Waals surface area contributed by atoms with Crippen LogP contribution in [0.1, 0.15) is 72.3 Å². The second-order valence-corrected chi connectivity index (χ2v) is 11.0. The topological polar surface area (TPSA) is 59.4 Å². The second kappa shape index (κ2) is 8.03. The van der Waals surface area contributed by atoms with E-state index in [1.165, 1.54) is 19.3 Å². The molecule has 0 radical (unpaired) electrons. The molecule has 1 saturated carbocycles. The molecule has 1 unspecified atom stereocenters. The summed E-state index contributed by atoms with van der Waals surface area (Å²) in [5.74, 6) is 0.867. The fourth-order valence-electron chi connectivity index (χ4n) is 6.22. The molecule has 6 nitrogen and oxygen atoms in total. The maximum atomic E-state index is 12.5. The van der Waals surface area contributed by atoms with Crippen molar-refractivity contribution in [2.45, 2.75) is 78.3 Å². The van der Waals surface area contributed by atoms with Crippen LogP contribution in [0.4, 0.5) is 5.82 Å². The molecule has 3 fully saturated rings. The first kappa shape index (κ1) is 20.9. The van der Waals surface area contributed by atoms with E-state index >= 15 is 0 Å². The molecule has 1 aliphatic carbocycles. The van der Waals surface area contributed by atoms with E-state index in [1.54, 1.807) is 6.20 Å². The third kappa shape index (κ3) is 4.85. The van der Waals surface area contributed by atoms with E-state index in [4.69, 9.17) is 4.74 Å². The number of piperidine rings is 1. The summed E-state index contributed by atoms with van der Waals surface area (Å²) >= 11 is 0. The highest BCUT2D eigenvalue weighted by Crippen LogP contribution is 2.47. The summed E-state index contributed by atoms with van der Waals surface area (Å²) in [7, 11) is 0. The monoisotopic (exact) mass is 402 g/mol. The Morgan fingerprint density at radius 1 is 1.10 bits per heavy atom. The van der Waals surface area contributed by atoms with E-state index < -0.39 is 0 Å². The first-order valence-electron chi connectivity index (χ1n) is 11.4. The molecule has 1 atom stereocenters. The Labute approximate surface area is 175 Å². The molecule has 4 rings (SSSR count). The van der Waals surface area contributed by atoms with Gasteiger partial charge in [-0.2, -0.15) is 5.10 Å². The van der Waals surface area contributed by atoms with Crippen LogP contribution in [0.3, 0.4) is 0 Å².